The molecule has 0 aliphatic carbocycles. The van der Waals surface area contributed by atoms with Gasteiger partial charge in [0.15, 0.2) is 12.2 Å². The molecule has 2 aromatic carbocycles. The number of carbonyl (C=O) groups is 2. The van der Waals surface area contributed by atoms with Gasteiger partial charge < -0.3 is 28.4 Å². The van der Waals surface area contributed by atoms with Crippen molar-refractivity contribution in [1.29, 1.82) is 0 Å². The third-order valence-electron chi connectivity index (χ3n) is 13.2. The number of esters is 2. The summed E-state index contributed by atoms with van der Waals surface area (Å²) in [7, 11) is 0. The molecule has 0 spiro atoms. The van der Waals surface area contributed by atoms with Crippen LogP contribution in [0.4, 0.5) is 0 Å². The molecule has 0 aliphatic heterocycles. The first-order valence-corrected chi connectivity index (χ1v) is 28.3. The minimum Gasteiger partial charge on any atom is -0.490 e. The minimum absolute atomic E-state index is 0.162. The molecule has 2 unspecified atom stereocenters. The predicted molar refractivity (Wildman–Crippen MR) is 290 cm³/mol. The third-order valence-corrected chi connectivity index (χ3v) is 13.2. The monoisotopic (exact) mass is 963 g/mol. The topological polar surface area (TPSA) is 89.5 Å². The van der Waals surface area contributed by atoms with Crippen molar-refractivity contribution in [3.05, 3.63) is 60.2 Å². The van der Waals surface area contributed by atoms with E-state index in [1.54, 1.807) is 13.8 Å². The van der Waals surface area contributed by atoms with Gasteiger partial charge in [-0.2, -0.15) is 0 Å². The number of hydrogen-bond acceptors (Lipinski definition) is 8. The number of hydrogen-bond donors (Lipinski definition) is 0. The van der Waals surface area contributed by atoms with Gasteiger partial charge in [0.05, 0.1) is 13.2 Å². The van der Waals surface area contributed by atoms with Crippen LogP contribution in [0.15, 0.2) is 54.6 Å². The first-order valence-electron chi connectivity index (χ1n) is 28.3. The van der Waals surface area contributed by atoms with E-state index >= 15 is 0 Å². The molecule has 0 fully saturated rings. The Labute approximate surface area is 422 Å². The highest BCUT2D eigenvalue weighted by Gasteiger charge is 2.19. The van der Waals surface area contributed by atoms with Crippen LogP contribution in [0, 0.1) is 6.92 Å². The molecule has 8 nitrogen and oxygen atoms in total. The fraction of sp³-hybridized carbons (Fsp3) is 0.738. The van der Waals surface area contributed by atoms with Crippen molar-refractivity contribution in [2.24, 2.45) is 0 Å². The normalized spacial score (nSPS) is 12.2. The van der Waals surface area contributed by atoms with Crippen LogP contribution in [-0.4, -0.2) is 63.8 Å². The maximum absolute atomic E-state index is 12.5. The number of rotatable bonds is 48. The summed E-state index contributed by atoms with van der Waals surface area (Å²) in [5.41, 5.74) is 1.65. The van der Waals surface area contributed by atoms with Gasteiger partial charge in [-0.25, -0.2) is 9.59 Å². The zero-order valence-corrected chi connectivity index (χ0v) is 45.1. The Balaban J connectivity index is 1.71. The highest BCUT2D eigenvalue weighted by molar-refractivity contribution is 5.89. The van der Waals surface area contributed by atoms with Crippen LogP contribution >= 0.6 is 0 Å². The Morgan fingerprint density at radius 2 is 0.797 bits per heavy atom. The second-order valence-electron chi connectivity index (χ2n) is 20.1. The number of ether oxygens (including phenoxy) is 6. The standard InChI is InChI=1S/C61H102O8/c1-8-10-12-14-16-18-20-22-24-26-28-30-32-34-36-38-44-64-47-56(68-60(62)51(3)4)49-66-55-41-42-58-53(7)59(43-40-54(58)46-55)67-50-57(69-61(63)52(5)6)48-65-45-39-37-35-33-31-29-27-25-23-21-19-17-15-13-11-9-2/h40-43,46,56-57H,3,5,8-39,44-45,47-50H2,1-2,4,6-7H3. The highest BCUT2D eigenvalue weighted by atomic mass is 16.6. The van der Waals surface area contributed by atoms with E-state index in [1.165, 1.54) is 180 Å². The van der Waals surface area contributed by atoms with Gasteiger partial charge in [0.25, 0.3) is 0 Å². The first-order chi connectivity index (χ1) is 33.7. The van der Waals surface area contributed by atoms with Crippen molar-refractivity contribution in [2.45, 2.75) is 252 Å². The molecule has 0 saturated heterocycles. The Kier molecular flexibility index (Phi) is 37.9. The molecule has 0 bridgehead atoms. The summed E-state index contributed by atoms with van der Waals surface area (Å²) in [6.07, 6.45) is 41.4. The lowest BCUT2D eigenvalue weighted by atomic mass is 10.0. The van der Waals surface area contributed by atoms with Crippen LogP contribution in [0.1, 0.15) is 239 Å². The van der Waals surface area contributed by atoms with E-state index in [0.29, 0.717) is 35.9 Å². The van der Waals surface area contributed by atoms with E-state index < -0.39 is 24.1 Å². The molecule has 0 amide bonds. The van der Waals surface area contributed by atoms with E-state index in [2.05, 4.69) is 27.0 Å². The zero-order valence-electron chi connectivity index (χ0n) is 45.1. The maximum atomic E-state index is 12.5. The molecule has 394 valence electrons. The van der Waals surface area contributed by atoms with Gasteiger partial charge in [0.1, 0.15) is 24.7 Å². The Bertz CT molecular complexity index is 1620. The number of benzene rings is 2. The molecule has 0 aromatic heterocycles. The summed E-state index contributed by atoms with van der Waals surface area (Å²) in [4.78, 5) is 25.0. The van der Waals surface area contributed by atoms with Crippen molar-refractivity contribution < 1.29 is 38.0 Å². The lowest BCUT2D eigenvalue weighted by Crippen LogP contribution is -2.30. The van der Waals surface area contributed by atoms with Gasteiger partial charge in [-0.1, -0.05) is 232 Å². The molecule has 0 radical (unpaired) electrons. The largest absolute Gasteiger partial charge is 0.490 e. The Morgan fingerprint density at radius 3 is 1.16 bits per heavy atom. The van der Waals surface area contributed by atoms with Crippen LogP contribution in [0.2, 0.25) is 0 Å². The molecule has 0 heterocycles. The van der Waals surface area contributed by atoms with E-state index in [1.807, 2.05) is 37.3 Å². The lowest BCUT2D eigenvalue weighted by molar-refractivity contribution is -0.150. The number of aryl methyl sites for hydroxylation is 1. The van der Waals surface area contributed by atoms with Crippen LogP contribution in [0.3, 0.4) is 0 Å². The summed E-state index contributed by atoms with van der Waals surface area (Å²) < 4.78 is 35.9. The van der Waals surface area contributed by atoms with E-state index in [-0.39, 0.29) is 26.4 Å². The SMILES string of the molecule is C=C(C)C(=O)OC(COCCCCCCCCCCCCCCCCCC)COc1ccc2c(C)c(OCC(COCCCCCCCCCCCCCCCCCC)OC(=O)C(=C)C)ccc2c1. The third kappa shape index (κ3) is 32.3. The highest BCUT2D eigenvalue weighted by Crippen LogP contribution is 2.30. The lowest BCUT2D eigenvalue weighted by Gasteiger charge is -2.20. The fourth-order valence-electron chi connectivity index (χ4n) is 8.73. The van der Waals surface area contributed by atoms with Gasteiger partial charge in [-0.3, -0.25) is 0 Å². The second-order valence-corrected chi connectivity index (χ2v) is 20.1. The molecular weight excluding hydrogens is 861 g/mol. The maximum Gasteiger partial charge on any atom is 0.333 e. The molecule has 2 aromatic rings. The average molecular weight is 963 g/mol. The van der Waals surface area contributed by atoms with Crippen molar-refractivity contribution >= 4 is 22.7 Å². The van der Waals surface area contributed by atoms with E-state index in [4.69, 9.17) is 28.4 Å². The summed E-state index contributed by atoms with van der Waals surface area (Å²) in [6, 6.07) is 9.83. The molecule has 0 aliphatic rings. The van der Waals surface area contributed by atoms with Crippen molar-refractivity contribution in [2.75, 3.05) is 39.6 Å². The molecule has 0 N–H and O–H groups in total. The zero-order chi connectivity index (χ0) is 50.0. The van der Waals surface area contributed by atoms with Crippen LogP contribution in [0.5, 0.6) is 11.5 Å². The second kappa shape index (κ2) is 42.3. The van der Waals surface area contributed by atoms with Crippen LogP contribution in [0.25, 0.3) is 10.8 Å². The smallest absolute Gasteiger partial charge is 0.333 e. The summed E-state index contributed by atoms with van der Waals surface area (Å²) in [5, 5.41) is 2.00. The van der Waals surface area contributed by atoms with E-state index in [9.17, 15) is 9.59 Å². The first kappa shape index (κ1) is 61.8. The molecule has 2 atom stereocenters. The summed E-state index contributed by atoms with van der Waals surface area (Å²) in [5.74, 6) is 0.475. The predicted octanol–water partition coefficient (Wildman–Crippen LogP) is 17.4. The molecule has 69 heavy (non-hydrogen) atoms. The van der Waals surface area contributed by atoms with Gasteiger partial charge in [-0.15, -0.1) is 0 Å². The molecule has 0 saturated carbocycles. The van der Waals surface area contributed by atoms with Gasteiger partial charge in [0.2, 0.25) is 0 Å². The van der Waals surface area contributed by atoms with Gasteiger partial charge in [0, 0.05) is 24.4 Å². The minimum atomic E-state index is -0.564. The van der Waals surface area contributed by atoms with Crippen molar-refractivity contribution in [3.8, 4) is 11.5 Å². The summed E-state index contributed by atoms with van der Waals surface area (Å²) >= 11 is 0. The van der Waals surface area contributed by atoms with Crippen LogP contribution < -0.4 is 9.47 Å². The molecular formula is C61H102O8. The van der Waals surface area contributed by atoms with Crippen LogP contribution in [-0.2, 0) is 28.5 Å². The number of carbonyl (C=O) groups excluding carboxylic acids is 2. The van der Waals surface area contributed by atoms with Crippen molar-refractivity contribution in [1.82, 2.24) is 0 Å². The average Bonchev–Trinajstić information content (AvgIpc) is 3.34. The quantitative estimate of drug-likeness (QED) is 0.0368. The molecule has 2 rings (SSSR count). The Morgan fingerprint density at radius 1 is 0.449 bits per heavy atom. The van der Waals surface area contributed by atoms with Gasteiger partial charge in [-0.05, 0) is 68.1 Å². The Hall–Kier alpha value is -3.36. The fourth-order valence-corrected chi connectivity index (χ4v) is 8.73. The summed E-state index contributed by atoms with van der Waals surface area (Å²) in [6.45, 7) is 19.5. The molecule has 8 heteroatoms. The van der Waals surface area contributed by atoms with Gasteiger partial charge >= 0.3 is 11.9 Å². The van der Waals surface area contributed by atoms with Crippen molar-refractivity contribution in [3.63, 3.8) is 0 Å². The number of unbranched alkanes of at least 4 members (excludes halogenated alkanes) is 30. The van der Waals surface area contributed by atoms with E-state index in [0.717, 1.165) is 42.0 Å². The number of fused-ring (bicyclic) bond motifs is 1.